The molecule has 5 nitrogen and oxygen atoms in total. The zero-order valence-corrected chi connectivity index (χ0v) is 14.3. The van der Waals surface area contributed by atoms with Crippen LogP contribution in [0.3, 0.4) is 0 Å². The molecule has 3 aromatic rings. The summed E-state index contributed by atoms with van der Waals surface area (Å²) < 4.78 is 5.82. The van der Waals surface area contributed by atoms with Crippen molar-refractivity contribution >= 4 is 18.3 Å². The lowest BCUT2D eigenvalue weighted by Gasteiger charge is -2.08. The molecular formula is C21H18N2O3. The van der Waals surface area contributed by atoms with Crippen LogP contribution in [0.4, 0.5) is 5.82 Å². The topological polar surface area (TPSA) is 71.8 Å². The highest BCUT2D eigenvalue weighted by Gasteiger charge is 2.08. The third-order valence-corrected chi connectivity index (χ3v) is 3.75. The zero-order chi connectivity index (χ0) is 18.4. The van der Waals surface area contributed by atoms with Crippen LogP contribution in [0.5, 0.6) is 11.5 Å². The number of hydrogen-bond donors (Lipinski definition) is 1. The number of hydrogen-bond acceptors (Lipinski definition) is 5. The molecule has 0 unspecified atom stereocenters. The predicted octanol–water partition coefficient (Wildman–Crippen LogP) is 4.24. The molecule has 0 saturated carbocycles. The van der Waals surface area contributed by atoms with Crippen LogP contribution in [-0.4, -0.2) is 22.6 Å². The van der Waals surface area contributed by atoms with Crippen LogP contribution >= 0.6 is 0 Å². The first-order valence-corrected chi connectivity index (χ1v) is 8.12. The summed E-state index contributed by atoms with van der Waals surface area (Å²) in [5.74, 6) is 0.837. The summed E-state index contributed by atoms with van der Waals surface area (Å²) in [5, 5.41) is 10.1. The van der Waals surface area contributed by atoms with Gasteiger partial charge in [-0.05, 0) is 42.3 Å². The number of aliphatic imine (C=N–C) groups is 1. The van der Waals surface area contributed by atoms with Gasteiger partial charge in [0.15, 0.2) is 17.9 Å². The summed E-state index contributed by atoms with van der Waals surface area (Å²) in [6.45, 7) is 2.25. The summed E-state index contributed by atoms with van der Waals surface area (Å²) in [6.07, 6.45) is 3.72. The summed E-state index contributed by atoms with van der Waals surface area (Å²) in [4.78, 5) is 19.6. The molecule has 0 amide bonds. The van der Waals surface area contributed by atoms with Crippen LogP contribution in [-0.2, 0) is 6.61 Å². The average Bonchev–Trinajstić information content (AvgIpc) is 2.68. The van der Waals surface area contributed by atoms with Gasteiger partial charge in [0.25, 0.3) is 0 Å². The molecule has 0 fully saturated rings. The lowest BCUT2D eigenvalue weighted by atomic mass is 10.1. The second-order valence-electron chi connectivity index (χ2n) is 5.77. The van der Waals surface area contributed by atoms with Crippen molar-refractivity contribution in [3.05, 3.63) is 83.0 Å². The van der Waals surface area contributed by atoms with E-state index in [4.69, 9.17) is 4.74 Å². The van der Waals surface area contributed by atoms with E-state index in [-0.39, 0.29) is 11.3 Å². The Balaban J connectivity index is 1.83. The number of rotatable bonds is 6. The number of ether oxygens (including phenoxy) is 1. The van der Waals surface area contributed by atoms with Gasteiger partial charge in [0.05, 0.1) is 5.56 Å². The average molecular weight is 346 g/mol. The van der Waals surface area contributed by atoms with E-state index in [2.05, 4.69) is 9.98 Å². The van der Waals surface area contributed by atoms with Crippen LogP contribution < -0.4 is 4.74 Å². The van der Waals surface area contributed by atoms with E-state index in [0.717, 1.165) is 11.1 Å². The SMILES string of the molecule is Cc1cc(C=O)c(O)c(C=Nc2ncccc2OCc2ccccc2)c1. The number of phenols is 1. The quantitative estimate of drug-likeness (QED) is 0.535. The maximum atomic E-state index is 11.0. The first-order valence-electron chi connectivity index (χ1n) is 8.12. The van der Waals surface area contributed by atoms with Crippen molar-refractivity contribution in [2.24, 2.45) is 4.99 Å². The number of pyridine rings is 1. The molecule has 1 N–H and O–H groups in total. The Labute approximate surface area is 151 Å². The van der Waals surface area contributed by atoms with Crippen molar-refractivity contribution in [1.82, 2.24) is 4.98 Å². The highest BCUT2D eigenvalue weighted by atomic mass is 16.5. The number of benzene rings is 2. The van der Waals surface area contributed by atoms with E-state index in [1.165, 1.54) is 6.21 Å². The molecule has 0 bridgehead atoms. The summed E-state index contributed by atoms with van der Waals surface area (Å²) >= 11 is 0. The number of phenolic OH excluding ortho intramolecular Hbond substituents is 1. The molecule has 2 aromatic carbocycles. The molecule has 0 aliphatic heterocycles. The highest BCUT2D eigenvalue weighted by molar-refractivity contribution is 5.91. The maximum Gasteiger partial charge on any atom is 0.194 e. The lowest BCUT2D eigenvalue weighted by molar-refractivity contribution is 0.112. The fraction of sp³-hybridized carbons (Fsp3) is 0.0952. The molecular weight excluding hydrogens is 328 g/mol. The molecule has 5 heteroatoms. The van der Waals surface area contributed by atoms with Gasteiger partial charge in [-0.15, -0.1) is 0 Å². The molecule has 1 aromatic heterocycles. The van der Waals surface area contributed by atoms with Crippen LogP contribution in [0.15, 0.2) is 65.8 Å². The molecule has 0 spiro atoms. The summed E-state index contributed by atoms with van der Waals surface area (Å²) in [5.41, 5.74) is 2.57. The predicted molar refractivity (Wildman–Crippen MR) is 100 cm³/mol. The van der Waals surface area contributed by atoms with Crippen LogP contribution in [0, 0.1) is 6.92 Å². The molecule has 130 valence electrons. The Morgan fingerprint density at radius 3 is 2.65 bits per heavy atom. The molecule has 1 heterocycles. The minimum atomic E-state index is -0.1000. The van der Waals surface area contributed by atoms with Crippen molar-refractivity contribution in [3.8, 4) is 11.5 Å². The summed E-state index contributed by atoms with van der Waals surface area (Å²) in [7, 11) is 0. The van der Waals surface area contributed by atoms with Crippen molar-refractivity contribution in [2.75, 3.05) is 0 Å². The van der Waals surface area contributed by atoms with Gasteiger partial charge in [0.2, 0.25) is 0 Å². The van der Waals surface area contributed by atoms with E-state index >= 15 is 0 Å². The van der Waals surface area contributed by atoms with Gasteiger partial charge in [0, 0.05) is 18.0 Å². The van der Waals surface area contributed by atoms with Crippen molar-refractivity contribution in [3.63, 3.8) is 0 Å². The number of aldehydes is 1. The number of aromatic hydroxyl groups is 1. The highest BCUT2D eigenvalue weighted by Crippen LogP contribution is 2.27. The maximum absolute atomic E-state index is 11.0. The second-order valence-corrected chi connectivity index (χ2v) is 5.77. The minimum Gasteiger partial charge on any atom is -0.507 e. The molecule has 0 saturated heterocycles. The molecule has 0 atom stereocenters. The van der Waals surface area contributed by atoms with Crippen molar-refractivity contribution in [2.45, 2.75) is 13.5 Å². The molecule has 0 aliphatic rings. The van der Waals surface area contributed by atoms with Crippen molar-refractivity contribution in [1.29, 1.82) is 0 Å². The molecule has 3 rings (SSSR count). The van der Waals surface area contributed by atoms with Gasteiger partial charge in [0.1, 0.15) is 12.4 Å². The van der Waals surface area contributed by atoms with Crippen molar-refractivity contribution < 1.29 is 14.6 Å². The second kappa shape index (κ2) is 8.07. The van der Waals surface area contributed by atoms with Crippen LogP contribution in [0.25, 0.3) is 0 Å². The molecule has 0 radical (unpaired) electrons. The van der Waals surface area contributed by atoms with E-state index in [9.17, 15) is 9.90 Å². The number of nitrogens with zero attached hydrogens (tertiary/aromatic N) is 2. The Bertz CT molecular complexity index is 937. The van der Waals surface area contributed by atoms with Gasteiger partial charge in [-0.2, -0.15) is 0 Å². The fourth-order valence-corrected chi connectivity index (χ4v) is 2.48. The van der Waals surface area contributed by atoms with E-state index in [1.807, 2.05) is 37.3 Å². The third kappa shape index (κ3) is 4.13. The normalized spacial score (nSPS) is 10.8. The Hall–Kier alpha value is -3.47. The van der Waals surface area contributed by atoms with E-state index in [1.54, 1.807) is 30.5 Å². The van der Waals surface area contributed by atoms with Gasteiger partial charge >= 0.3 is 0 Å². The Morgan fingerprint density at radius 1 is 1.12 bits per heavy atom. The molecule has 26 heavy (non-hydrogen) atoms. The first-order chi connectivity index (χ1) is 12.7. The monoisotopic (exact) mass is 346 g/mol. The van der Waals surface area contributed by atoms with Crippen LogP contribution in [0.2, 0.25) is 0 Å². The van der Waals surface area contributed by atoms with Gasteiger partial charge in [-0.25, -0.2) is 9.98 Å². The third-order valence-electron chi connectivity index (χ3n) is 3.75. The van der Waals surface area contributed by atoms with Gasteiger partial charge < -0.3 is 9.84 Å². The van der Waals surface area contributed by atoms with E-state index < -0.39 is 0 Å². The van der Waals surface area contributed by atoms with Gasteiger partial charge in [-0.3, -0.25) is 4.79 Å². The smallest absolute Gasteiger partial charge is 0.194 e. The van der Waals surface area contributed by atoms with E-state index in [0.29, 0.717) is 30.0 Å². The summed E-state index contributed by atoms with van der Waals surface area (Å²) in [6, 6.07) is 16.7. The number of aryl methyl sites for hydroxylation is 1. The number of carbonyl (C=O) groups excluding carboxylic acids is 1. The first kappa shape index (κ1) is 17.4. The number of carbonyl (C=O) groups is 1. The Kier molecular flexibility index (Phi) is 5.39. The lowest BCUT2D eigenvalue weighted by Crippen LogP contribution is -1.96. The van der Waals surface area contributed by atoms with Crippen LogP contribution in [0.1, 0.15) is 27.0 Å². The minimum absolute atomic E-state index is 0.1000. The molecule has 0 aliphatic carbocycles. The largest absolute Gasteiger partial charge is 0.507 e. The number of aromatic nitrogens is 1. The van der Waals surface area contributed by atoms with Gasteiger partial charge in [-0.1, -0.05) is 30.3 Å². The standard InChI is InChI=1S/C21H18N2O3/c1-15-10-17(20(25)18(11-15)13-24)12-23-21-19(8-5-9-22-21)26-14-16-6-3-2-4-7-16/h2-13,25H,14H2,1H3. The fourth-order valence-electron chi connectivity index (χ4n) is 2.48. The zero-order valence-electron chi connectivity index (χ0n) is 14.3. The Morgan fingerprint density at radius 2 is 1.88 bits per heavy atom.